The Morgan fingerprint density at radius 3 is 2.47 bits per heavy atom. The summed E-state index contributed by atoms with van der Waals surface area (Å²) in [4.78, 5) is 24.8. The zero-order chi connectivity index (χ0) is 22.9. The number of hydrogen-bond acceptors (Lipinski definition) is 5. The minimum atomic E-state index is -3.74. The van der Waals surface area contributed by atoms with Crippen LogP contribution in [0.1, 0.15) is 13.8 Å². The van der Waals surface area contributed by atoms with Crippen LogP contribution in [-0.4, -0.2) is 36.3 Å². The van der Waals surface area contributed by atoms with Crippen LogP contribution in [0.2, 0.25) is 0 Å². The van der Waals surface area contributed by atoms with Gasteiger partial charge in [0.15, 0.2) is 0 Å². The molecular weight excluding hydrogens is 430 g/mol. The van der Waals surface area contributed by atoms with Gasteiger partial charge in [-0.25, -0.2) is 8.42 Å². The molecule has 2 aromatic carbocycles. The molecule has 0 aliphatic rings. The van der Waals surface area contributed by atoms with Crippen molar-refractivity contribution in [2.24, 2.45) is 0 Å². The smallest absolute Gasteiger partial charge is 0.251 e. The van der Waals surface area contributed by atoms with E-state index in [-0.39, 0.29) is 11.4 Å². The highest BCUT2D eigenvalue weighted by Gasteiger charge is 2.22. The first-order valence-electron chi connectivity index (χ1n) is 10.2. The van der Waals surface area contributed by atoms with Crippen LogP contribution in [0.15, 0.2) is 74.9 Å². The van der Waals surface area contributed by atoms with E-state index in [2.05, 4.69) is 5.32 Å². The van der Waals surface area contributed by atoms with E-state index >= 15 is 0 Å². The van der Waals surface area contributed by atoms with Crippen molar-refractivity contribution >= 4 is 43.6 Å². The van der Waals surface area contributed by atoms with Crippen LogP contribution < -0.4 is 10.9 Å². The van der Waals surface area contributed by atoms with E-state index in [1.54, 1.807) is 26.0 Å². The predicted octanol–water partition coefficient (Wildman–Crippen LogP) is 3.42. The second-order valence-electron chi connectivity index (χ2n) is 7.28. The number of aromatic nitrogens is 1. The summed E-state index contributed by atoms with van der Waals surface area (Å²) in [6.45, 7) is 3.78. The molecule has 32 heavy (non-hydrogen) atoms. The summed E-state index contributed by atoms with van der Waals surface area (Å²) in [6, 6.07) is 15.3. The molecule has 0 atom stereocenters. The number of hydrogen-bond donors (Lipinski definition) is 1. The average Bonchev–Trinajstić information content (AvgIpc) is 3.14. The van der Waals surface area contributed by atoms with Crippen LogP contribution in [0.4, 0.5) is 5.69 Å². The topological polar surface area (TPSA) is 102 Å². The van der Waals surface area contributed by atoms with Gasteiger partial charge in [0.05, 0.1) is 4.90 Å². The van der Waals surface area contributed by atoms with Crippen molar-refractivity contribution in [2.45, 2.75) is 25.3 Å². The maximum absolute atomic E-state index is 12.7. The average molecular weight is 454 g/mol. The van der Waals surface area contributed by atoms with E-state index in [0.29, 0.717) is 24.4 Å². The Kier molecular flexibility index (Phi) is 5.86. The Morgan fingerprint density at radius 2 is 1.72 bits per heavy atom. The molecule has 0 aliphatic heterocycles. The fraction of sp³-hybridized carbons (Fsp3) is 0.217. The maximum atomic E-state index is 12.7. The number of nitrogens with one attached hydrogen (secondary N) is 1. The Hall–Kier alpha value is -3.43. The molecule has 0 fully saturated rings. The quantitative estimate of drug-likeness (QED) is 0.462. The molecule has 9 heteroatoms. The van der Waals surface area contributed by atoms with Gasteiger partial charge in [-0.1, -0.05) is 32.0 Å². The van der Waals surface area contributed by atoms with E-state index in [1.165, 1.54) is 16.6 Å². The number of fused-ring (bicyclic) bond motifs is 3. The summed E-state index contributed by atoms with van der Waals surface area (Å²) in [6.07, 6.45) is 1.21. The third-order valence-electron chi connectivity index (χ3n) is 5.27. The van der Waals surface area contributed by atoms with Crippen molar-refractivity contribution < 1.29 is 17.6 Å². The monoisotopic (exact) mass is 453 g/mol. The molecule has 0 radical (unpaired) electrons. The minimum Gasteiger partial charge on any atom is -0.456 e. The summed E-state index contributed by atoms with van der Waals surface area (Å²) in [5, 5.41) is 4.57. The van der Waals surface area contributed by atoms with Gasteiger partial charge in [0.25, 0.3) is 5.56 Å². The lowest BCUT2D eigenvalue weighted by molar-refractivity contribution is -0.116. The van der Waals surface area contributed by atoms with Gasteiger partial charge in [0.1, 0.15) is 17.7 Å². The molecule has 0 saturated heterocycles. The molecule has 1 amide bonds. The van der Waals surface area contributed by atoms with Crippen molar-refractivity contribution in [3.05, 3.63) is 71.1 Å². The fourth-order valence-corrected chi connectivity index (χ4v) is 5.14. The number of amides is 1. The molecule has 1 N–H and O–H groups in total. The lowest BCUT2D eigenvalue weighted by Gasteiger charge is -2.19. The number of rotatable bonds is 7. The summed E-state index contributed by atoms with van der Waals surface area (Å²) < 4.78 is 33.7. The van der Waals surface area contributed by atoms with Crippen molar-refractivity contribution in [3.8, 4) is 0 Å². The number of carbonyl (C=O) groups is 1. The van der Waals surface area contributed by atoms with Gasteiger partial charge in [-0.15, -0.1) is 0 Å². The molecule has 0 bridgehead atoms. The summed E-state index contributed by atoms with van der Waals surface area (Å²) in [5.74, 6) is -0.448. The number of furan rings is 1. The summed E-state index contributed by atoms with van der Waals surface area (Å²) >= 11 is 0. The van der Waals surface area contributed by atoms with Crippen LogP contribution in [0.3, 0.4) is 0 Å². The van der Waals surface area contributed by atoms with Gasteiger partial charge in [-0.2, -0.15) is 4.31 Å². The Labute approximate surface area is 185 Å². The predicted molar refractivity (Wildman–Crippen MR) is 123 cm³/mol. The lowest BCUT2D eigenvalue weighted by atomic mass is 10.1. The SMILES string of the molecule is CCN(CC)S(=O)(=O)c1ccc(=O)n(CC(=O)Nc2ccc3oc4ccccc4c3c2)c1. The second-order valence-corrected chi connectivity index (χ2v) is 9.22. The van der Waals surface area contributed by atoms with Gasteiger partial charge >= 0.3 is 0 Å². The van der Waals surface area contributed by atoms with E-state index < -0.39 is 21.5 Å². The molecule has 0 spiro atoms. The zero-order valence-corrected chi connectivity index (χ0v) is 18.6. The highest BCUT2D eigenvalue weighted by Crippen LogP contribution is 2.30. The second kappa shape index (κ2) is 8.60. The maximum Gasteiger partial charge on any atom is 0.251 e. The zero-order valence-electron chi connectivity index (χ0n) is 17.7. The summed E-state index contributed by atoms with van der Waals surface area (Å²) in [7, 11) is -3.74. The van der Waals surface area contributed by atoms with Crippen LogP contribution in [0.5, 0.6) is 0 Å². The van der Waals surface area contributed by atoms with E-state index in [4.69, 9.17) is 4.42 Å². The molecule has 166 valence electrons. The van der Waals surface area contributed by atoms with Crippen molar-refractivity contribution in [1.29, 1.82) is 0 Å². The van der Waals surface area contributed by atoms with Gasteiger partial charge < -0.3 is 14.3 Å². The molecule has 0 saturated carbocycles. The van der Waals surface area contributed by atoms with Gasteiger partial charge in [0.2, 0.25) is 15.9 Å². The van der Waals surface area contributed by atoms with Gasteiger partial charge in [-0.05, 0) is 30.3 Å². The fourth-order valence-electron chi connectivity index (χ4n) is 3.66. The first-order valence-corrected chi connectivity index (χ1v) is 11.7. The first-order chi connectivity index (χ1) is 15.3. The molecule has 0 aliphatic carbocycles. The third kappa shape index (κ3) is 4.04. The number of para-hydroxylation sites is 1. The van der Waals surface area contributed by atoms with Crippen LogP contribution in [-0.2, 0) is 21.4 Å². The number of sulfonamides is 1. The molecule has 2 heterocycles. The number of anilines is 1. The van der Waals surface area contributed by atoms with Crippen LogP contribution >= 0.6 is 0 Å². The van der Waals surface area contributed by atoms with Crippen molar-refractivity contribution in [1.82, 2.24) is 8.87 Å². The highest BCUT2D eigenvalue weighted by molar-refractivity contribution is 7.89. The number of carbonyl (C=O) groups excluding carboxylic acids is 1. The molecule has 0 unspecified atom stereocenters. The molecular formula is C23H23N3O5S. The number of nitrogens with zero attached hydrogens (tertiary/aromatic N) is 2. The Morgan fingerprint density at radius 1 is 1.00 bits per heavy atom. The minimum absolute atomic E-state index is 0.0279. The van der Waals surface area contributed by atoms with Gasteiger partial charge in [0, 0.05) is 41.8 Å². The molecule has 4 aromatic rings. The van der Waals surface area contributed by atoms with Crippen molar-refractivity contribution in [2.75, 3.05) is 18.4 Å². The lowest BCUT2D eigenvalue weighted by Crippen LogP contribution is -2.33. The molecule has 8 nitrogen and oxygen atoms in total. The van der Waals surface area contributed by atoms with Gasteiger partial charge in [-0.3, -0.25) is 9.59 Å². The van der Waals surface area contributed by atoms with E-state index in [9.17, 15) is 18.0 Å². The molecule has 4 rings (SSSR count). The van der Waals surface area contributed by atoms with Crippen LogP contribution in [0, 0.1) is 0 Å². The Balaban J connectivity index is 1.58. The van der Waals surface area contributed by atoms with E-state index in [0.717, 1.165) is 27.0 Å². The highest BCUT2D eigenvalue weighted by atomic mass is 32.2. The van der Waals surface area contributed by atoms with E-state index in [1.807, 2.05) is 30.3 Å². The third-order valence-corrected chi connectivity index (χ3v) is 7.31. The van der Waals surface area contributed by atoms with Crippen molar-refractivity contribution in [3.63, 3.8) is 0 Å². The number of pyridine rings is 1. The molecule has 2 aromatic heterocycles. The normalized spacial score (nSPS) is 12.0. The summed E-state index contributed by atoms with van der Waals surface area (Å²) in [5.41, 5.74) is 1.54. The van der Waals surface area contributed by atoms with Crippen LogP contribution in [0.25, 0.3) is 21.9 Å². The number of benzene rings is 2. The standard InChI is InChI=1S/C23H23N3O5S/c1-3-26(4-2)32(29,30)17-10-12-23(28)25(14-17)15-22(27)24-16-9-11-21-19(13-16)18-7-5-6-8-20(18)31-21/h5-14H,3-4,15H2,1-2H3,(H,24,27). The first kappa shape index (κ1) is 21.8. The largest absolute Gasteiger partial charge is 0.456 e. The Bertz CT molecular complexity index is 1470.